The molecule has 6 fully saturated rings. The van der Waals surface area contributed by atoms with Gasteiger partial charge in [-0.2, -0.15) is 0 Å². The molecule has 0 aromatic heterocycles. The minimum atomic E-state index is -5.94. The second kappa shape index (κ2) is 18.9. The van der Waals surface area contributed by atoms with E-state index in [-0.39, 0.29) is 84.6 Å². The number of carbonyl (C=O) groups is 1. The van der Waals surface area contributed by atoms with Crippen molar-refractivity contribution in [2.45, 2.75) is 157 Å². The number of hydrogen-bond donors (Lipinski definition) is 2. The van der Waals surface area contributed by atoms with E-state index in [4.69, 9.17) is 42.2 Å². The molecule has 0 radical (unpaired) electrons. The number of carbonyl (C=O) groups excluding carboxylic acids is 1. The van der Waals surface area contributed by atoms with Crippen molar-refractivity contribution in [3.05, 3.63) is 25.3 Å². The predicted octanol–water partition coefficient (Wildman–Crippen LogP) is -6.38. The number of fused-ring (bicyclic) bond motifs is 2. The first kappa shape index (κ1) is 42.8. The van der Waals surface area contributed by atoms with E-state index in [1.807, 2.05) is 12.2 Å². The zero-order valence-corrected chi connectivity index (χ0v) is 32.6. The fraction of sp³-hybridized carbons (Fsp3) is 0.848. The fourth-order valence-electron chi connectivity index (χ4n) is 7.91. The van der Waals surface area contributed by atoms with E-state index in [1.54, 1.807) is 0 Å². The topological polar surface area (TPSA) is 205 Å². The van der Waals surface area contributed by atoms with Crippen LogP contribution in [0.3, 0.4) is 0 Å². The number of aliphatic hydroxyl groups is 2. The smallest absolute Gasteiger partial charge is 0.394 e. The first-order valence-corrected chi connectivity index (χ1v) is 20.4. The normalized spacial score (nSPS) is 38.5. The maximum atomic E-state index is 11.3. The Hall–Kier alpha value is 0.400. The van der Waals surface area contributed by atoms with E-state index in [0.717, 1.165) is 64.1 Å². The molecule has 2 spiro atoms. The second-order valence-electron chi connectivity index (χ2n) is 13.6. The molecule has 15 heteroatoms. The Labute approximate surface area is 312 Å². The van der Waals surface area contributed by atoms with Gasteiger partial charge in [-0.05, 0) is 38.5 Å². The van der Waals surface area contributed by atoms with Crippen molar-refractivity contribution >= 4 is 6.29 Å². The maximum Gasteiger partial charge on any atom is 1.00 e. The van der Waals surface area contributed by atoms with Crippen LogP contribution in [0.4, 0.5) is 0 Å². The van der Waals surface area contributed by atoms with E-state index in [9.17, 15) is 15.0 Å². The van der Waals surface area contributed by atoms with Gasteiger partial charge in [-0.3, -0.25) is 13.7 Å². The Morgan fingerprint density at radius 3 is 1.56 bits per heavy atom. The summed E-state index contributed by atoms with van der Waals surface area (Å²) in [5.74, 6) is -0.584. The summed E-state index contributed by atoms with van der Waals surface area (Å²) in [5, 5.41) is 19.5. The summed E-state index contributed by atoms with van der Waals surface area (Å²) in [7, 11) is 0. The van der Waals surface area contributed by atoms with Gasteiger partial charge in [-0.25, -0.2) is 0 Å². The van der Waals surface area contributed by atoms with Crippen LogP contribution >= 0.6 is 0 Å². The number of rotatable bonds is 7. The zero-order chi connectivity index (χ0) is 34.4. The van der Waals surface area contributed by atoms with Crippen molar-refractivity contribution in [2.75, 3.05) is 6.61 Å². The molecular formula is C33H52INaO13. The van der Waals surface area contributed by atoms with Crippen molar-refractivity contribution < 1.29 is 107 Å². The summed E-state index contributed by atoms with van der Waals surface area (Å²) in [6.07, 6.45) is 13.8. The van der Waals surface area contributed by atoms with E-state index in [2.05, 4.69) is 27.0 Å². The molecule has 4 aliphatic heterocycles. The third-order valence-electron chi connectivity index (χ3n) is 10.3. The summed E-state index contributed by atoms with van der Waals surface area (Å²) in [5.41, 5.74) is 0. The van der Waals surface area contributed by atoms with Gasteiger partial charge in [0, 0.05) is 37.5 Å². The summed E-state index contributed by atoms with van der Waals surface area (Å²) in [4.78, 5) is 11.3. The van der Waals surface area contributed by atoms with E-state index in [0.29, 0.717) is 6.42 Å². The van der Waals surface area contributed by atoms with Gasteiger partial charge in [0.15, 0.2) is 17.9 Å². The van der Waals surface area contributed by atoms with Crippen LogP contribution in [-0.2, 0) is 33.2 Å². The second-order valence-corrected chi connectivity index (χ2v) is 15.7. The summed E-state index contributed by atoms with van der Waals surface area (Å²) >= 11 is -5.94. The van der Waals surface area contributed by atoms with Crippen molar-refractivity contribution in [1.82, 2.24) is 0 Å². The van der Waals surface area contributed by atoms with Crippen LogP contribution in [0.25, 0.3) is 0 Å². The molecule has 2 aliphatic carbocycles. The molecule has 6 aliphatic rings. The zero-order valence-electron chi connectivity index (χ0n) is 28.5. The number of ether oxygens (including phenoxy) is 6. The summed E-state index contributed by atoms with van der Waals surface area (Å²) in [6.45, 7) is 11.5. The van der Waals surface area contributed by atoms with Gasteiger partial charge >= 0.3 is 29.6 Å². The predicted molar refractivity (Wildman–Crippen MR) is 156 cm³/mol. The number of hydrogen-bond acceptors (Lipinski definition) is 13. The van der Waals surface area contributed by atoms with Gasteiger partial charge in [-0.15, -0.1) is 13.2 Å². The van der Waals surface area contributed by atoms with Crippen molar-refractivity contribution in [3.8, 4) is 0 Å². The van der Waals surface area contributed by atoms with Crippen LogP contribution < -0.4 is 63.4 Å². The quantitative estimate of drug-likeness (QED) is 0.107. The first-order chi connectivity index (χ1) is 22.3. The summed E-state index contributed by atoms with van der Waals surface area (Å²) in [6, 6.07) is 0. The van der Waals surface area contributed by atoms with Gasteiger partial charge < -0.3 is 43.4 Å². The SMILES string of the molecule is C=CC[C@@H]1O[C@@H](C=O)C2OC3(CCCCC3)O[C@H]2[C@H]1C.C=CC[C@@H]1O[C@@H]([C@H](O)CO)C2OC3(CCCCC3)O[C@H]2[C@H]1C.[Na+].[O-][I+3]([O-])([O-])[O-]. The molecule has 11 atom stereocenters. The van der Waals surface area contributed by atoms with Crippen molar-refractivity contribution in [2.24, 2.45) is 11.8 Å². The average Bonchev–Trinajstić information content (AvgIpc) is 3.59. The van der Waals surface area contributed by atoms with Crippen LogP contribution in [-0.4, -0.2) is 89.6 Å². The molecule has 0 bridgehead atoms. The molecular weight excluding hydrogens is 754 g/mol. The molecule has 0 aromatic rings. The average molecular weight is 807 g/mol. The molecule has 4 saturated heterocycles. The Bertz CT molecular complexity index is 1010. The van der Waals surface area contributed by atoms with E-state index >= 15 is 0 Å². The van der Waals surface area contributed by atoms with E-state index in [1.165, 1.54) is 12.8 Å². The molecule has 270 valence electrons. The van der Waals surface area contributed by atoms with Crippen LogP contribution in [0.5, 0.6) is 0 Å². The molecule has 48 heavy (non-hydrogen) atoms. The van der Waals surface area contributed by atoms with Crippen LogP contribution in [0.1, 0.15) is 90.9 Å². The van der Waals surface area contributed by atoms with Gasteiger partial charge in [0.05, 0.1) is 31.0 Å². The molecule has 2 saturated carbocycles. The molecule has 0 amide bonds. The van der Waals surface area contributed by atoms with E-state index < -0.39 is 50.0 Å². The molecule has 2 N–H and O–H groups in total. The number of aliphatic hydroxyl groups excluding tert-OH is 2. The Kier molecular flexibility index (Phi) is 16.9. The molecule has 4 heterocycles. The molecule has 6 rings (SSSR count). The van der Waals surface area contributed by atoms with Crippen LogP contribution in [0.15, 0.2) is 25.3 Å². The van der Waals surface area contributed by atoms with Gasteiger partial charge in [0.25, 0.3) is 0 Å². The van der Waals surface area contributed by atoms with Gasteiger partial charge in [-0.1, -0.05) is 38.8 Å². The minimum Gasteiger partial charge on any atom is -0.394 e. The Balaban J connectivity index is 0.000000225. The third kappa shape index (κ3) is 10.7. The van der Waals surface area contributed by atoms with Crippen molar-refractivity contribution in [3.63, 3.8) is 0 Å². The third-order valence-corrected chi connectivity index (χ3v) is 10.3. The largest absolute Gasteiger partial charge is 1.00 e. The fourth-order valence-corrected chi connectivity index (χ4v) is 7.91. The van der Waals surface area contributed by atoms with Crippen LogP contribution in [0.2, 0.25) is 0 Å². The van der Waals surface area contributed by atoms with Gasteiger partial charge in [0.2, 0.25) is 0 Å². The first-order valence-electron chi connectivity index (χ1n) is 16.9. The molecule has 0 aromatic carbocycles. The maximum absolute atomic E-state index is 11.3. The number of halogens is 1. The molecule has 2 unspecified atom stereocenters. The Morgan fingerprint density at radius 2 is 1.15 bits per heavy atom. The minimum absolute atomic E-state index is 0. The monoisotopic (exact) mass is 806 g/mol. The standard InChI is InChI=1S/C17H28O5.C16H24O4.IO4.Na/c1-3-7-13-11(2)14-16(15(20-13)12(19)10-18)22-17(21-14)8-5-4-6-9-17;1-3-7-12-11(2)14-15(13(10-17)18-12)20-16(19-14)8-5-4-6-9-16;2-1(3,4)5;/h3,11-16,18-19H,1,4-10H2,2H3;3,10-15H,1,4-9H2,2H3;;/q;;-1;+1/t11-,12+,13-,14-,15-,16?;11-,12-,13-,14-,15?;;/m00../s1. The van der Waals surface area contributed by atoms with Crippen molar-refractivity contribution in [1.29, 1.82) is 0 Å². The van der Waals surface area contributed by atoms with Gasteiger partial charge in [0.1, 0.15) is 50.6 Å². The molecule has 13 nitrogen and oxygen atoms in total. The van der Waals surface area contributed by atoms with Crippen LogP contribution in [0, 0.1) is 11.8 Å². The number of aldehydes is 1. The summed E-state index contributed by atoms with van der Waals surface area (Å²) < 4.78 is 71.6. The Morgan fingerprint density at radius 1 is 0.750 bits per heavy atom.